The number of aromatic nitrogens is 10. The van der Waals surface area contributed by atoms with Gasteiger partial charge in [-0.25, -0.2) is 14.8 Å². The van der Waals surface area contributed by atoms with Crippen molar-refractivity contribution in [2.24, 2.45) is 0 Å². The van der Waals surface area contributed by atoms with Crippen molar-refractivity contribution in [1.82, 2.24) is 49.8 Å². The molecule has 12 heteroatoms. The minimum absolute atomic E-state index is 0. The van der Waals surface area contributed by atoms with Crippen LogP contribution in [0.5, 0.6) is 0 Å². The molecule has 2 aliphatic rings. The molecule has 2 aliphatic heterocycles. The van der Waals surface area contributed by atoms with Crippen molar-refractivity contribution in [3.8, 4) is 45.6 Å². The summed E-state index contributed by atoms with van der Waals surface area (Å²) < 4.78 is 0. The van der Waals surface area contributed by atoms with E-state index in [0.717, 1.165) is 43.8 Å². The third-order valence-electron chi connectivity index (χ3n) is 8.06. The monoisotopic (exact) mass is 632 g/mol. The molecule has 45 heavy (non-hydrogen) atoms. The minimum atomic E-state index is -0.298. The van der Waals surface area contributed by atoms with E-state index in [4.69, 9.17) is 39.9 Å². The Morgan fingerprint density at radius 2 is 0.778 bits per heavy atom. The summed E-state index contributed by atoms with van der Waals surface area (Å²) in [5, 5.41) is 3.16. The van der Waals surface area contributed by atoms with E-state index in [2.05, 4.69) is 9.97 Å². The van der Waals surface area contributed by atoms with E-state index in [9.17, 15) is 4.79 Å². The topological polar surface area (TPSA) is 154 Å². The van der Waals surface area contributed by atoms with Crippen LogP contribution < -0.4 is 15.7 Å². The zero-order chi connectivity index (χ0) is 28.9. The van der Waals surface area contributed by atoms with Gasteiger partial charge in [0.2, 0.25) is 0 Å². The maximum atomic E-state index is 12.2. The van der Waals surface area contributed by atoms with Gasteiger partial charge in [-0.3, -0.25) is 0 Å². The molecular weight excluding hydrogens is 618 g/mol. The van der Waals surface area contributed by atoms with Gasteiger partial charge in [-0.05, 0) is 33.7 Å². The maximum absolute atomic E-state index is 12.2. The molecule has 6 heterocycles. The van der Waals surface area contributed by atoms with Crippen LogP contribution in [0.3, 0.4) is 0 Å². The SMILES string of the molecule is O=c1[nH]c2cc3c4nc5nc(nc6[n-]c(nc7nc(nc([n-]4)c3cc2[nH]1)-c1ccccc1-7)c1ccccc61)-c1ccccc1-5.[Zn+2]. The summed E-state index contributed by atoms with van der Waals surface area (Å²) >= 11 is 0. The fourth-order valence-corrected chi connectivity index (χ4v) is 6.04. The smallest absolute Gasteiger partial charge is 0.357 e. The molecule has 0 atom stereocenters. The molecular formula is C33H16N10OZn. The minimum Gasteiger partial charge on any atom is -0.357 e. The average molecular weight is 634 g/mol. The number of hydrogen-bond donors (Lipinski definition) is 2. The largest absolute Gasteiger partial charge is 2.00 e. The van der Waals surface area contributed by atoms with Crippen molar-refractivity contribution in [3.63, 3.8) is 0 Å². The molecule has 10 rings (SSSR count). The number of hydrogen-bond acceptors (Lipinski definition) is 7. The summed E-state index contributed by atoms with van der Waals surface area (Å²) in [7, 11) is 0. The summed E-state index contributed by atoms with van der Waals surface area (Å²) in [6, 6.07) is 27.2. The molecule has 4 aromatic carbocycles. The van der Waals surface area contributed by atoms with Crippen molar-refractivity contribution in [3.05, 3.63) is 95.4 Å². The normalized spacial score (nSPS) is 11.9. The molecule has 11 nitrogen and oxygen atoms in total. The maximum Gasteiger partial charge on any atom is 2.00 e. The molecule has 8 aromatic rings. The van der Waals surface area contributed by atoms with E-state index in [0.29, 0.717) is 56.9 Å². The van der Waals surface area contributed by atoms with Crippen molar-refractivity contribution in [1.29, 1.82) is 0 Å². The van der Waals surface area contributed by atoms with Crippen molar-refractivity contribution < 1.29 is 19.5 Å². The number of nitrogens with zero attached hydrogens (tertiary/aromatic N) is 8. The Bertz CT molecular complexity index is 2590. The molecule has 0 saturated carbocycles. The van der Waals surface area contributed by atoms with Gasteiger partial charge in [-0.2, -0.15) is 0 Å². The van der Waals surface area contributed by atoms with Gasteiger partial charge in [-0.15, -0.1) is 0 Å². The number of imidazole rings is 1. The number of aromatic amines is 2. The fraction of sp³-hybridized carbons (Fsp3) is 0. The molecule has 8 bridgehead atoms. The van der Waals surface area contributed by atoms with E-state index in [-0.39, 0.29) is 25.2 Å². The Hall–Kier alpha value is -5.87. The van der Waals surface area contributed by atoms with Gasteiger partial charge in [0.1, 0.15) is 0 Å². The van der Waals surface area contributed by atoms with E-state index in [1.165, 1.54) is 0 Å². The van der Waals surface area contributed by atoms with E-state index in [1.807, 2.05) is 84.9 Å². The second-order valence-corrected chi connectivity index (χ2v) is 10.6. The molecule has 0 unspecified atom stereocenters. The fourth-order valence-electron chi connectivity index (χ4n) is 6.04. The Morgan fingerprint density at radius 3 is 1.16 bits per heavy atom. The van der Waals surface area contributed by atoms with Gasteiger partial charge >= 0.3 is 25.2 Å². The Kier molecular flexibility index (Phi) is 5.30. The summed E-state index contributed by atoms with van der Waals surface area (Å²) in [5.74, 6) is 1.94. The summed E-state index contributed by atoms with van der Waals surface area (Å²) in [5.41, 5.74) is 6.19. The van der Waals surface area contributed by atoms with Crippen LogP contribution in [0.2, 0.25) is 0 Å². The van der Waals surface area contributed by atoms with Crippen LogP contribution in [0.25, 0.3) is 101 Å². The quantitative estimate of drug-likeness (QED) is 0.212. The molecule has 2 N–H and O–H groups in total. The van der Waals surface area contributed by atoms with Crippen LogP contribution in [0.15, 0.2) is 89.7 Å². The van der Waals surface area contributed by atoms with Crippen LogP contribution in [0.4, 0.5) is 0 Å². The predicted octanol–water partition coefficient (Wildman–Crippen LogP) is 5.29. The molecule has 0 spiro atoms. The summed E-state index contributed by atoms with van der Waals surface area (Å²) in [6.45, 7) is 0. The van der Waals surface area contributed by atoms with Crippen LogP contribution in [-0.2, 0) is 19.5 Å². The Morgan fingerprint density at radius 1 is 0.444 bits per heavy atom. The molecule has 206 valence electrons. The first-order valence-corrected chi connectivity index (χ1v) is 13.9. The number of nitrogens with one attached hydrogen (secondary N) is 2. The van der Waals surface area contributed by atoms with Gasteiger partial charge in [0.05, 0.1) is 34.3 Å². The van der Waals surface area contributed by atoms with E-state index >= 15 is 0 Å². The van der Waals surface area contributed by atoms with Gasteiger partial charge in [0.25, 0.3) is 0 Å². The number of rotatable bonds is 0. The first-order chi connectivity index (χ1) is 21.7. The first-order valence-electron chi connectivity index (χ1n) is 13.9. The summed E-state index contributed by atoms with van der Waals surface area (Å²) in [4.78, 5) is 57.1. The Balaban J connectivity index is 0.00000281. The third kappa shape index (κ3) is 3.76. The second-order valence-electron chi connectivity index (χ2n) is 10.6. The number of H-pyrrole nitrogens is 2. The second kappa shape index (κ2) is 9.31. The van der Waals surface area contributed by atoms with Gasteiger partial charge in [-0.1, -0.05) is 72.8 Å². The molecule has 0 saturated heterocycles. The number of benzene rings is 4. The number of fused-ring (bicyclic) bond motifs is 21. The van der Waals surface area contributed by atoms with Gasteiger partial charge in [0, 0.05) is 44.8 Å². The molecule has 0 amide bonds. The standard InChI is InChI=1S/C33H17N10O.Zn/c44-33-34-23-13-21-22(14-24(23)35-33)32-42-30-20-12-6-4-10-18(20)28(40-30)38-26-16-8-2-1-7-15(16)25(36-26)37-27-17-9-3-5-11-19(17)29(39-27)41-31(21)43-32;/h1-14H,(H3-,34,35,36,37,38,39,40,41,42,43,44);/q-1;+2/p-1. The zero-order valence-electron chi connectivity index (χ0n) is 23.3. The average Bonchev–Trinajstić information content (AvgIpc) is 3.83. The van der Waals surface area contributed by atoms with Crippen LogP contribution in [0.1, 0.15) is 0 Å². The van der Waals surface area contributed by atoms with E-state index in [1.54, 1.807) is 0 Å². The molecule has 0 aliphatic carbocycles. The van der Waals surface area contributed by atoms with Crippen molar-refractivity contribution >= 4 is 55.2 Å². The van der Waals surface area contributed by atoms with Crippen molar-refractivity contribution in [2.75, 3.05) is 0 Å². The van der Waals surface area contributed by atoms with Crippen molar-refractivity contribution in [2.45, 2.75) is 0 Å². The predicted molar refractivity (Wildman–Crippen MR) is 166 cm³/mol. The van der Waals surface area contributed by atoms with Crippen LogP contribution in [-0.4, -0.2) is 39.9 Å². The molecule has 4 aromatic heterocycles. The van der Waals surface area contributed by atoms with Crippen LogP contribution in [0, 0.1) is 0 Å². The van der Waals surface area contributed by atoms with Gasteiger partial charge in [0.15, 0.2) is 0 Å². The van der Waals surface area contributed by atoms with Gasteiger partial charge < -0.3 is 39.9 Å². The molecule has 0 fully saturated rings. The third-order valence-corrected chi connectivity index (χ3v) is 8.06. The van der Waals surface area contributed by atoms with Crippen LogP contribution >= 0.6 is 0 Å². The zero-order valence-corrected chi connectivity index (χ0v) is 26.2. The molecule has 0 radical (unpaired) electrons. The Labute approximate surface area is 264 Å². The first kappa shape index (κ1) is 25.6. The van der Waals surface area contributed by atoms with E-state index < -0.39 is 0 Å². The summed E-state index contributed by atoms with van der Waals surface area (Å²) in [6.07, 6.45) is 0.